The van der Waals surface area contributed by atoms with Gasteiger partial charge in [-0.25, -0.2) is 0 Å². The standard InChI is InChI=1S/C27H25ClN4O2/c1-3-26(33)31-15-5-6-20(17-31)32-24-13-14-29-16-22(24)27(30-32)19-9-11-21(12-10-19)34-25-8-4-7-23(28)18(25)2/h3-4,7-14,16,20H,1,5-6,15,17H2,2H3. The molecule has 1 amide bonds. The number of rotatable bonds is 5. The molecule has 2 aromatic carbocycles. The Balaban J connectivity index is 1.46. The van der Waals surface area contributed by atoms with Crippen molar-refractivity contribution in [2.24, 2.45) is 0 Å². The van der Waals surface area contributed by atoms with E-state index in [4.69, 9.17) is 21.4 Å². The number of benzene rings is 2. The van der Waals surface area contributed by atoms with Crippen LogP contribution in [-0.4, -0.2) is 38.7 Å². The monoisotopic (exact) mass is 472 g/mol. The van der Waals surface area contributed by atoms with Gasteiger partial charge in [0.05, 0.1) is 11.6 Å². The fraction of sp³-hybridized carbons (Fsp3) is 0.222. The highest BCUT2D eigenvalue weighted by atomic mass is 35.5. The molecule has 0 aliphatic carbocycles. The van der Waals surface area contributed by atoms with Gasteiger partial charge in [0.2, 0.25) is 5.91 Å². The average Bonchev–Trinajstić information content (AvgIpc) is 3.27. The number of piperidine rings is 1. The Morgan fingerprint density at radius 1 is 1.21 bits per heavy atom. The molecule has 6 nitrogen and oxygen atoms in total. The number of likely N-dealkylation sites (tertiary alicyclic amines) is 1. The molecule has 0 spiro atoms. The van der Waals surface area contributed by atoms with Crippen LogP contribution in [0, 0.1) is 6.92 Å². The fourth-order valence-electron chi connectivity index (χ4n) is 4.47. The van der Waals surface area contributed by atoms with E-state index < -0.39 is 0 Å². The van der Waals surface area contributed by atoms with Gasteiger partial charge in [-0.1, -0.05) is 24.2 Å². The van der Waals surface area contributed by atoms with E-state index in [2.05, 4.69) is 16.2 Å². The number of nitrogens with zero attached hydrogens (tertiary/aromatic N) is 4. The van der Waals surface area contributed by atoms with Crippen molar-refractivity contribution in [1.82, 2.24) is 19.7 Å². The summed E-state index contributed by atoms with van der Waals surface area (Å²) < 4.78 is 8.10. The first kappa shape index (κ1) is 22.2. The minimum Gasteiger partial charge on any atom is -0.457 e. The topological polar surface area (TPSA) is 60.2 Å². The maximum Gasteiger partial charge on any atom is 0.246 e. The number of amides is 1. The number of aromatic nitrogens is 3. The molecule has 0 saturated carbocycles. The van der Waals surface area contributed by atoms with Crippen molar-refractivity contribution in [2.45, 2.75) is 25.8 Å². The van der Waals surface area contributed by atoms with Gasteiger partial charge in [0.15, 0.2) is 0 Å². The van der Waals surface area contributed by atoms with Crippen LogP contribution in [-0.2, 0) is 4.79 Å². The molecule has 0 radical (unpaired) electrons. The molecule has 1 aliphatic heterocycles. The molecule has 3 heterocycles. The van der Waals surface area contributed by atoms with E-state index in [0.29, 0.717) is 11.6 Å². The van der Waals surface area contributed by atoms with Crippen molar-refractivity contribution in [3.05, 3.63) is 84.2 Å². The molecule has 1 saturated heterocycles. The normalized spacial score (nSPS) is 15.9. The number of pyridine rings is 1. The second-order valence-corrected chi connectivity index (χ2v) is 8.87. The Morgan fingerprint density at radius 3 is 2.82 bits per heavy atom. The van der Waals surface area contributed by atoms with E-state index >= 15 is 0 Å². The van der Waals surface area contributed by atoms with Crippen LogP contribution in [0.25, 0.3) is 22.2 Å². The summed E-state index contributed by atoms with van der Waals surface area (Å²) in [7, 11) is 0. The predicted octanol–water partition coefficient (Wildman–Crippen LogP) is 6.20. The lowest BCUT2D eigenvalue weighted by molar-refractivity contribution is -0.127. The molecular formula is C27H25ClN4O2. The minimum absolute atomic E-state index is 0.0337. The van der Waals surface area contributed by atoms with Crippen LogP contribution >= 0.6 is 11.6 Å². The maximum atomic E-state index is 12.2. The number of fused-ring (bicyclic) bond motifs is 1. The number of carbonyl (C=O) groups excluding carboxylic acids is 1. The van der Waals surface area contributed by atoms with Crippen LogP contribution < -0.4 is 4.74 Å². The number of hydrogen-bond acceptors (Lipinski definition) is 4. The van der Waals surface area contributed by atoms with Crippen molar-refractivity contribution >= 4 is 28.4 Å². The highest BCUT2D eigenvalue weighted by Crippen LogP contribution is 2.34. The second-order valence-electron chi connectivity index (χ2n) is 8.46. The van der Waals surface area contributed by atoms with Crippen LogP contribution in [0.15, 0.2) is 73.6 Å². The van der Waals surface area contributed by atoms with Crippen molar-refractivity contribution in [3.8, 4) is 22.8 Å². The van der Waals surface area contributed by atoms with Gasteiger partial charge in [-0.3, -0.25) is 14.5 Å². The first-order chi connectivity index (χ1) is 16.5. The zero-order chi connectivity index (χ0) is 23.7. The molecule has 4 aromatic rings. The van der Waals surface area contributed by atoms with Crippen molar-refractivity contribution in [1.29, 1.82) is 0 Å². The number of halogens is 1. The first-order valence-electron chi connectivity index (χ1n) is 11.3. The molecule has 1 unspecified atom stereocenters. The number of hydrogen-bond donors (Lipinski definition) is 0. The lowest BCUT2D eigenvalue weighted by Crippen LogP contribution is -2.40. The highest BCUT2D eigenvalue weighted by molar-refractivity contribution is 6.31. The van der Waals surface area contributed by atoms with Gasteiger partial charge in [-0.05, 0) is 68.3 Å². The minimum atomic E-state index is -0.0337. The number of carbonyl (C=O) groups is 1. The van der Waals surface area contributed by atoms with Gasteiger partial charge in [-0.15, -0.1) is 0 Å². The molecule has 1 aliphatic rings. The Labute approximate surface area is 203 Å². The molecule has 7 heteroatoms. The van der Waals surface area contributed by atoms with Crippen LogP contribution in [0.5, 0.6) is 11.5 Å². The zero-order valence-electron chi connectivity index (χ0n) is 18.9. The quantitative estimate of drug-likeness (QED) is 0.324. The smallest absolute Gasteiger partial charge is 0.246 e. The zero-order valence-corrected chi connectivity index (χ0v) is 19.7. The average molecular weight is 473 g/mol. The summed E-state index contributed by atoms with van der Waals surface area (Å²) in [4.78, 5) is 18.4. The molecule has 2 aromatic heterocycles. The third kappa shape index (κ3) is 4.17. The summed E-state index contributed by atoms with van der Waals surface area (Å²) >= 11 is 6.22. The molecule has 172 valence electrons. The lowest BCUT2D eigenvalue weighted by Gasteiger charge is -2.32. The second kappa shape index (κ2) is 9.31. The van der Waals surface area contributed by atoms with Crippen LogP contribution in [0.2, 0.25) is 5.02 Å². The van der Waals surface area contributed by atoms with Crippen molar-refractivity contribution < 1.29 is 9.53 Å². The van der Waals surface area contributed by atoms with Gasteiger partial charge in [0.1, 0.15) is 17.2 Å². The summed E-state index contributed by atoms with van der Waals surface area (Å²) in [5, 5.41) is 6.65. The Morgan fingerprint density at radius 2 is 2.03 bits per heavy atom. The Bertz CT molecular complexity index is 1360. The summed E-state index contributed by atoms with van der Waals surface area (Å²) in [6, 6.07) is 15.6. The van der Waals surface area contributed by atoms with Crippen molar-refractivity contribution in [2.75, 3.05) is 13.1 Å². The third-order valence-electron chi connectivity index (χ3n) is 6.31. The van der Waals surface area contributed by atoms with E-state index in [0.717, 1.165) is 58.6 Å². The summed E-state index contributed by atoms with van der Waals surface area (Å²) in [6.07, 6.45) is 6.91. The lowest BCUT2D eigenvalue weighted by atomic mass is 10.1. The molecule has 0 N–H and O–H groups in total. The van der Waals surface area contributed by atoms with Crippen molar-refractivity contribution in [3.63, 3.8) is 0 Å². The molecular weight excluding hydrogens is 448 g/mol. The fourth-order valence-corrected chi connectivity index (χ4v) is 4.63. The van der Waals surface area contributed by atoms with E-state index in [1.54, 1.807) is 6.20 Å². The van der Waals surface area contributed by atoms with E-state index in [1.807, 2.05) is 66.6 Å². The molecule has 0 bridgehead atoms. The molecule has 1 atom stereocenters. The first-order valence-corrected chi connectivity index (χ1v) is 11.7. The summed E-state index contributed by atoms with van der Waals surface area (Å²) in [5.41, 5.74) is 3.75. The largest absolute Gasteiger partial charge is 0.457 e. The third-order valence-corrected chi connectivity index (χ3v) is 6.72. The van der Waals surface area contributed by atoms with Crippen LogP contribution in [0.4, 0.5) is 0 Å². The summed E-state index contributed by atoms with van der Waals surface area (Å²) in [5.74, 6) is 1.42. The maximum absolute atomic E-state index is 12.2. The van der Waals surface area contributed by atoms with Crippen LogP contribution in [0.3, 0.4) is 0 Å². The van der Waals surface area contributed by atoms with Gasteiger partial charge >= 0.3 is 0 Å². The molecule has 34 heavy (non-hydrogen) atoms. The van der Waals surface area contributed by atoms with Gasteiger partial charge in [0, 0.05) is 47.0 Å². The Hall–Kier alpha value is -3.64. The Kier molecular flexibility index (Phi) is 6.07. The molecule has 5 rings (SSSR count). The van der Waals surface area contributed by atoms with E-state index in [-0.39, 0.29) is 11.9 Å². The SMILES string of the molecule is C=CC(=O)N1CCCC(n2nc(-c3ccc(Oc4cccc(Cl)c4C)cc3)c3cnccc32)C1. The molecule has 1 fully saturated rings. The highest BCUT2D eigenvalue weighted by Gasteiger charge is 2.26. The van der Waals surface area contributed by atoms with Gasteiger partial charge < -0.3 is 9.64 Å². The van der Waals surface area contributed by atoms with Gasteiger partial charge in [0.25, 0.3) is 0 Å². The van der Waals surface area contributed by atoms with Gasteiger partial charge in [-0.2, -0.15) is 5.10 Å². The summed E-state index contributed by atoms with van der Waals surface area (Å²) in [6.45, 7) is 6.94. The van der Waals surface area contributed by atoms with E-state index in [9.17, 15) is 4.79 Å². The van der Waals surface area contributed by atoms with Crippen LogP contribution in [0.1, 0.15) is 24.4 Å². The number of ether oxygens (including phenoxy) is 1. The predicted molar refractivity (Wildman–Crippen MR) is 134 cm³/mol. The van der Waals surface area contributed by atoms with E-state index in [1.165, 1.54) is 6.08 Å².